The van der Waals surface area contributed by atoms with Gasteiger partial charge in [-0.2, -0.15) is 0 Å². The zero-order valence-electron chi connectivity index (χ0n) is 12.4. The molecule has 2 heteroatoms. The molecule has 0 radical (unpaired) electrons. The Hall–Kier alpha value is -1.15. The lowest BCUT2D eigenvalue weighted by Gasteiger charge is -2.53. The van der Waals surface area contributed by atoms with Crippen LogP contribution < -0.4 is 0 Å². The smallest absolute Gasteiger partial charge is 0.180 e. The number of carbonyl (C=O) groups is 1. The highest BCUT2D eigenvalue weighted by molar-refractivity contribution is 6.03. The van der Waals surface area contributed by atoms with Gasteiger partial charge in [0.05, 0.1) is 6.04 Å². The van der Waals surface area contributed by atoms with Crippen molar-refractivity contribution in [2.75, 3.05) is 13.1 Å². The van der Waals surface area contributed by atoms with Gasteiger partial charge >= 0.3 is 0 Å². The Bertz CT molecular complexity index is 562. The first kappa shape index (κ1) is 12.6. The molecule has 1 saturated heterocycles. The number of piperidine rings is 1. The molecule has 20 heavy (non-hydrogen) atoms. The van der Waals surface area contributed by atoms with E-state index in [4.69, 9.17) is 0 Å². The molecule has 2 bridgehead atoms. The molecule has 1 aromatic rings. The normalized spacial score (nSPS) is 36.8. The van der Waals surface area contributed by atoms with E-state index in [1.165, 1.54) is 24.8 Å². The van der Waals surface area contributed by atoms with Crippen LogP contribution in [0.5, 0.6) is 0 Å². The first-order valence-corrected chi connectivity index (χ1v) is 7.99. The van der Waals surface area contributed by atoms with Crippen LogP contribution in [-0.4, -0.2) is 29.8 Å². The van der Waals surface area contributed by atoms with Crippen LogP contribution in [0.25, 0.3) is 0 Å². The summed E-state index contributed by atoms with van der Waals surface area (Å²) in [6.45, 7) is 6.88. The maximum atomic E-state index is 13.0. The predicted octanol–water partition coefficient (Wildman–Crippen LogP) is 3.26. The summed E-state index contributed by atoms with van der Waals surface area (Å²) in [6, 6.07) is 8.42. The van der Waals surface area contributed by atoms with Crippen molar-refractivity contribution in [3.8, 4) is 0 Å². The number of Topliss-reactive ketones (excluding diaryl/α,β-unsaturated/α-hetero) is 1. The molecule has 1 saturated carbocycles. The van der Waals surface area contributed by atoms with E-state index in [0.717, 1.165) is 24.6 Å². The summed E-state index contributed by atoms with van der Waals surface area (Å²) in [7, 11) is 0. The van der Waals surface area contributed by atoms with Crippen molar-refractivity contribution >= 4 is 5.78 Å². The number of nitrogens with zero attached hydrogens (tertiary/aromatic N) is 1. The molecule has 2 aliphatic carbocycles. The van der Waals surface area contributed by atoms with Crippen LogP contribution in [-0.2, 0) is 5.41 Å². The summed E-state index contributed by atoms with van der Waals surface area (Å²) in [4.78, 5) is 15.4. The van der Waals surface area contributed by atoms with Crippen molar-refractivity contribution in [2.24, 2.45) is 11.8 Å². The van der Waals surface area contributed by atoms with Gasteiger partial charge in [0.15, 0.2) is 5.78 Å². The van der Waals surface area contributed by atoms with Gasteiger partial charge in [0.1, 0.15) is 0 Å². The largest absolute Gasteiger partial charge is 0.293 e. The molecule has 1 aliphatic heterocycles. The van der Waals surface area contributed by atoms with E-state index in [0.29, 0.717) is 11.7 Å². The maximum Gasteiger partial charge on any atom is 0.180 e. The second-order valence-corrected chi connectivity index (χ2v) is 7.25. The topological polar surface area (TPSA) is 20.3 Å². The molecule has 4 rings (SSSR count). The fraction of sp³-hybridized carbons (Fsp3) is 0.611. The Morgan fingerprint density at radius 2 is 2.05 bits per heavy atom. The lowest BCUT2D eigenvalue weighted by molar-refractivity contribution is 0.0266. The van der Waals surface area contributed by atoms with Gasteiger partial charge in [-0.1, -0.05) is 38.1 Å². The fourth-order valence-electron chi connectivity index (χ4n) is 4.37. The van der Waals surface area contributed by atoms with Crippen LogP contribution in [0, 0.1) is 11.8 Å². The molecule has 2 fully saturated rings. The lowest BCUT2D eigenvalue weighted by atomic mass is 9.58. The van der Waals surface area contributed by atoms with Crippen LogP contribution in [0.4, 0.5) is 0 Å². The molecule has 0 aromatic heterocycles. The molecule has 1 heterocycles. The highest BCUT2D eigenvalue weighted by Crippen LogP contribution is 2.49. The van der Waals surface area contributed by atoms with E-state index in [1.807, 2.05) is 12.1 Å². The third-order valence-corrected chi connectivity index (χ3v) is 6.06. The minimum Gasteiger partial charge on any atom is -0.293 e. The minimum atomic E-state index is 0.115. The summed E-state index contributed by atoms with van der Waals surface area (Å²) in [5, 5.41) is 0. The van der Waals surface area contributed by atoms with Crippen LogP contribution in [0.2, 0.25) is 0 Å². The second-order valence-electron chi connectivity index (χ2n) is 7.25. The first-order valence-electron chi connectivity index (χ1n) is 7.99. The second kappa shape index (κ2) is 4.17. The highest BCUT2D eigenvalue weighted by atomic mass is 16.1. The molecular formula is C18H23NO. The van der Waals surface area contributed by atoms with Gasteiger partial charge in [-0.3, -0.25) is 9.69 Å². The number of likely N-dealkylation sites (tertiary alicyclic amines) is 1. The molecule has 3 atom stereocenters. The average Bonchev–Trinajstić information content (AvgIpc) is 3.26. The van der Waals surface area contributed by atoms with Crippen molar-refractivity contribution in [3.63, 3.8) is 0 Å². The van der Waals surface area contributed by atoms with Crippen LogP contribution in [0.1, 0.15) is 49.0 Å². The third-order valence-electron chi connectivity index (χ3n) is 6.06. The Labute approximate surface area is 121 Å². The summed E-state index contributed by atoms with van der Waals surface area (Å²) >= 11 is 0. The maximum absolute atomic E-state index is 13.0. The number of hydrogen-bond donors (Lipinski definition) is 0. The van der Waals surface area contributed by atoms with Crippen LogP contribution in [0.3, 0.4) is 0 Å². The zero-order chi connectivity index (χ0) is 13.9. The van der Waals surface area contributed by atoms with Gasteiger partial charge in [0, 0.05) is 12.1 Å². The number of carbonyl (C=O) groups excluding carboxylic acids is 1. The Kier molecular flexibility index (Phi) is 2.62. The number of ketones is 1. The molecule has 1 unspecified atom stereocenters. The van der Waals surface area contributed by atoms with E-state index >= 15 is 0 Å². The molecule has 3 aliphatic rings. The van der Waals surface area contributed by atoms with Crippen LogP contribution in [0.15, 0.2) is 24.3 Å². The number of fused-ring (bicyclic) bond motifs is 4. The molecule has 0 amide bonds. The summed E-state index contributed by atoms with van der Waals surface area (Å²) in [5.41, 5.74) is 2.45. The van der Waals surface area contributed by atoms with Crippen molar-refractivity contribution in [1.82, 2.24) is 4.90 Å². The Balaban J connectivity index is 1.78. The van der Waals surface area contributed by atoms with E-state index in [1.54, 1.807) is 0 Å². The zero-order valence-corrected chi connectivity index (χ0v) is 12.4. The highest BCUT2D eigenvalue weighted by Gasteiger charge is 2.52. The van der Waals surface area contributed by atoms with E-state index in [-0.39, 0.29) is 11.5 Å². The number of rotatable bonds is 2. The third kappa shape index (κ3) is 1.64. The predicted molar refractivity (Wildman–Crippen MR) is 80.0 cm³/mol. The molecule has 0 spiro atoms. The van der Waals surface area contributed by atoms with E-state index in [2.05, 4.69) is 30.9 Å². The Morgan fingerprint density at radius 3 is 2.80 bits per heavy atom. The average molecular weight is 269 g/mol. The molecule has 1 aromatic carbocycles. The minimum absolute atomic E-state index is 0.115. The fourth-order valence-corrected chi connectivity index (χ4v) is 4.37. The quantitative estimate of drug-likeness (QED) is 0.821. The first-order chi connectivity index (χ1) is 9.61. The summed E-state index contributed by atoms with van der Waals surface area (Å²) in [5.74, 6) is 1.65. The van der Waals surface area contributed by atoms with Gasteiger partial charge < -0.3 is 0 Å². The molecule has 2 nitrogen and oxygen atoms in total. The van der Waals surface area contributed by atoms with Crippen molar-refractivity contribution in [2.45, 2.75) is 44.6 Å². The van der Waals surface area contributed by atoms with Crippen molar-refractivity contribution in [1.29, 1.82) is 0 Å². The van der Waals surface area contributed by atoms with E-state index in [9.17, 15) is 4.79 Å². The summed E-state index contributed by atoms with van der Waals surface area (Å²) < 4.78 is 0. The van der Waals surface area contributed by atoms with E-state index < -0.39 is 0 Å². The van der Waals surface area contributed by atoms with Crippen molar-refractivity contribution in [3.05, 3.63) is 35.4 Å². The van der Waals surface area contributed by atoms with Gasteiger partial charge in [-0.15, -0.1) is 0 Å². The monoisotopic (exact) mass is 269 g/mol. The standard InChI is InChI=1S/C18H23NO/c1-12-16-17(20)14-5-3-4-6-15(14)18(12,2)9-10-19(16)11-13-7-8-13/h3-6,12-13,16H,7-11H2,1-2H3/t12-,16?,18+/m0/s1. The molecular weight excluding hydrogens is 246 g/mol. The molecule has 0 N–H and O–H groups in total. The van der Waals surface area contributed by atoms with Gasteiger partial charge in [-0.25, -0.2) is 0 Å². The molecule has 106 valence electrons. The van der Waals surface area contributed by atoms with Gasteiger partial charge in [-0.05, 0) is 48.6 Å². The van der Waals surface area contributed by atoms with Crippen LogP contribution >= 0.6 is 0 Å². The van der Waals surface area contributed by atoms with Crippen molar-refractivity contribution < 1.29 is 4.79 Å². The SMILES string of the molecule is C[C@H]1C2C(=O)c3ccccc3[C@]1(C)CCN2CC1CC1. The van der Waals surface area contributed by atoms with Gasteiger partial charge in [0.25, 0.3) is 0 Å². The summed E-state index contributed by atoms with van der Waals surface area (Å²) in [6.07, 6.45) is 3.90. The van der Waals surface area contributed by atoms with Gasteiger partial charge in [0.2, 0.25) is 0 Å². The Morgan fingerprint density at radius 1 is 1.30 bits per heavy atom. The number of benzene rings is 1. The number of hydrogen-bond acceptors (Lipinski definition) is 2. The lowest BCUT2D eigenvalue weighted by Crippen LogP contribution is -2.61.